The second-order valence-electron chi connectivity index (χ2n) is 3.51. The summed E-state index contributed by atoms with van der Waals surface area (Å²) in [4.78, 5) is 9.14. The van der Waals surface area contributed by atoms with Crippen molar-refractivity contribution in [3.63, 3.8) is 0 Å². The van der Waals surface area contributed by atoms with Gasteiger partial charge in [0.05, 0.1) is 4.47 Å². The van der Waals surface area contributed by atoms with Gasteiger partial charge in [0.1, 0.15) is 16.4 Å². The lowest BCUT2D eigenvalue weighted by molar-refractivity contribution is 0.440. The minimum atomic E-state index is -0.385. The largest absolute Gasteiger partial charge is 0.424 e. The minimum absolute atomic E-state index is 0.215. The Kier molecular flexibility index (Phi) is 2.97. The summed E-state index contributed by atoms with van der Waals surface area (Å²) in [5, 5.41) is 2.90. The summed E-state index contributed by atoms with van der Waals surface area (Å²) in [6.45, 7) is 0. The predicted molar refractivity (Wildman–Crippen MR) is 71.6 cm³/mol. The van der Waals surface area contributed by atoms with Crippen LogP contribution in [0, 0.1) is 5.82 Å². The molecule has 90 valence electrons. The number of hydrogen-bond donors (Lipinski definition) is 0. The molecular formula is C12H6BrFN2OS. The highest BCUT2D eigenvalue weighted by molar-refractivity contribution is 9.10. The number of aromatic nitrogens is 2. The maximum Gasteiger partial charge on any atom is 0.323 e. The second-order valence-corrected chi connectivity index (χ2v) is 5.26. The molecule has 0 bridgehead atoms. The molecule has 0 fully saturated rings. The van der Waals surface area contributed by atoms with Gasteiger partial charge in [0.15, 0.2) is 0 Å². The van der Waals surface area contributed by atoms with Crippen LogP contribution in [0.5, 0.6) is 11.8 Å². The molecule has 1 aromatic carbocycles. The van der Waals surface area contributed by atoms with Crippen LogP contribution in [-0.2, 0) is 0 Å². The molecule has 0 aliphatic rings. The first-order valence-electron chi connectivity index (χ1n) is 5.05. The number of thiophene rings is 1. The monoisotopic (exact) mass is 324 g/mol. The fourth-order valence-corrected chi connectivity index (χ4v) is 2.41. The molecular weight excluding hydrogens is 319 g/mol. The Bertz CT molecular complexity index is 716. The zero-order valence-corrected chi connectivity index (χ0v) is 11.3. The molecule has 0 spiro atoms. The van der Waals surface area contributed by atoms with Crippen molar-refractivity contribution in [1.29, 1.82) is 0 Å². The van der Waals surface area contributed by atoms with E-state index in [1.165, 1.54) is 17.4 Å². The number of halogens is 2. The topological polar surface area (TPSA) is 35.0 Å². The molecule has 0 amide bonds. The van der Waals surface area contributed by atoms with Gasteiger partial charge in [-0.05, 0) is 39.5 Å². The number of nitrogens with zero attached hydrogens (tertiary/aromatic N) is 2. The van der Waals surface area contributed by atoms with E-state index < -0.39 is 0 Å². The third-order valence-electron chi connectivity index (χ3n) is 2.29. The first-order valence-corrected chi connectivity index (χ1v) is 6.73. The van der Waals surface area contributed by atoms with Crippen LogP contribution in [0.15, 0.2) is 40.3 Å². The molecule has 3 rings (SSSR count). The first kappa shape index (κ1) is 11.6. The third-order valence-corrected chi connectivity index (χ3v) is 3.75. The van der Waals surface area contributed by atoms with Gasteiger partial charge in [-0.25, -0.2) is 9.37 Å². The Morgan fingerprint density at radius 3 is 3.00 bits per heavy atom. The molecule has 0 N–H and O–H groups in total. The van der Waals surface area contributed by atoms with E-state index in [1.54, 1.807) is 18.3 Å². The maximum atomic E-state index is 13.3. The van der Waals surface area contributed by atoms with Crippen molar-refractivity contribution < 1.29 is 9.13 Å². The average Bonchev–Trinajstić information content (AvgIpc) is 2.81. The van der Waals surface area contributed by atoms with Crippen LogP contribution in [0.25, 0.3) is 10.2 Å². The Balaban J connectivity index is 1.92. The minimum Gasteiger partial charge on any atom is -0.424 e. The SMILES string of the molecule is Fc1cc(Oc2ncc3ccsc3n2)ccc1Br. The molecule has 18 heavy (non-hydrogen) atoms. The molecule has 0 radical (unpaired) electrons. The molecule has 2 heterocycles. The quantitative estimate of drug-likeness (QED) is 0.701. The summed E-state index contributed by atoms with van der Waals surface area (Å²) < 4.78 is 19.1. The van der Waals surface area contributed by atoms with Gasteiger partial charge in [-0.2, -0.15) is 4.98 Å². The van der Waals surface area contributed by atoms with Gasteiger partial charge >= 0.3 is 6.01 Å². The standard InChI is InChI=1S/C12H6BrFN2OS/c13-9-2-1-8(5-10(9)14)17-12-15-6-7-3-4-18-11(7)16-12/h1-6H. The van der Waals surface area contributed by atoms with E-state index in [0.29, 0.717) is 10.2 Å². The molecule has 3 nitrogen and oxygen atoms in total. The lowest BCUT2D eigenvalue weighted by Crippen LogP contribution is -1.91. The fourth-order valence-electron chi connectivity index (χ4n) is 1.44. The predicted octanol–water partition coefficient (Wildman–Crippen LogP) is 4.39. The summed E-state index contributed by atoms with van der Waals surface area (Å²) in [5.41, 5.74) is 0. The van der Waals surface area contributed by atoms with E-state index in [9.17, 15) is 4.39 Å². The van der Waals surface area contributed by atoms with Gasteiger partial charge in [-0.15, -0.1) is 11.3 Å². The molecule has 0 atom stereocenters. The van der Waals surface area contributed by atoms with Gasteiger partial charge in [0, 0.05) is 17.6 Å². The van der Waals surface area contributed by atoms with Gasteiger partial charge in [-0.3, -0.25) is 0 Å². The van der Waals surface area contributed by atoms with Crippen molar-refractivity contribution >= 4 is 37.5 Å². The van der Waals surface area contributed by atoms with E-state index in [0.717, 1.165) is 10.2 Å². The molecule has 0 unspecified atom stereocenters. The normalized spacial score (nSPS) is 10.8. The van der Waals surface area contributed by atoms with Gasteiger partial charge in [0.25, 0.3) is 0 Å². The van der Waals surface area contributed by atoms with E-state index >= 15 is 0 Å². The maximum absolute atomic E-state index is 13.3. The Morgan fingerprint density at radius 2 is 2.17 bits per heavy atom. The Hall–Kier alpha value is -1.53. The summed E-state index contributed by atoms with van der Waals surface area (Å²) in [5.74, 6) is -0.0173. The molecule has 3 aromatic rings. The molecule has 0 saturated carbocycles. The van der Waals surface area contributed by atoms with Gasteiger partial charge in [0.2, 0.25) is 0 Å². The van der Waals surface area contributed by atoms with Crippen molar-refractivity contribution in [2.24, 2.45) is 0 Å². The lowest BCUT2D eigenvalue weighted by atomic mass is 10.3. The van der Waals surface area contributed by atoms with Crippen molar-refractivity contribution in [2.75, 3.05) is 0 Å². The van der Waals surface area contributed by atoms with Crippen LogP contribution in [0.3, 0.4) is 0 Å². The number of ether oxygens (including phenoxy) is 1. The van der Waals surface area contributed by atoms with Gasteiger partial charge in [-0.1, -0.05) is 0 Å². The van der Waals surface area contributed by atoms with Crippen molar-refractivity contribution in [3.8, 4) is 11.8 Å². The number of rotatable bonds is 2. The second kappa shape index (κ2) is 4.62. The third kappa shape index (κ3) is 2.21. The fraction of sp³-hybridized carbons (Fsp3) is 0. The smallest absolute Gasteiger partial charge is 0.323 e. The summed E-state index contributed by atoms with van der Waals surface area (Å²) in [6.07, 6.45) is 1.68. The summed E-state index contributed by atoms with van der Waals surface area (Å²) >= 11 is 4.59. The number of hydrogen-bond acceptors (Lipinski definition) is 4. The van der Waals surface area contributed by atoms with Crippen LogP contribution in [0.1, 0.15) is 0 Å². The molecule has 0 saturated heterocycles. The lowest BCUT2D eigenvalue weighted by Gasteiger charge is -2.04. The van der Waals surface area contributed by atoms with Crippen molar-refractivity contribution in [1.82, 2.24) is 9.97 Å². The molecule has 2 aromatic heterocycles. The highest BCUT2D eigenvalue weighted by atomic mass is 79.9. The highest BCUT2D eigenvalue weighted by Gasteiger charge is 2.06. The molecule has 0 aliphatic heterocycles. The van der Waals surface area contributed by atoms with E-state index in [2.05, 4.69) is 25.9 Å². The van der Waals surface area contributed by atoms with E-state index in [4.69, 9.17) is 4.74 Å². The average molecular weight is 325 g/mol. The number of fused-ring (bicyclic) bond motifs is 1. The van der Waals surface area contributed by atoms with Crippen molar-refractivity contribution in [3.05, 3.63) is 46.1 Å². The van der Waals surface area contributed by atoms with E-state index in [-0.39, 0.29) is 11.8 Å². The summed E-state index contributed by atoms with van der Waals surface area (Å²) in [6, 6.07) is 6.66. The van der Waals surface area contributed by atoms with Crippen molar-refractivity contribution in [2.45, 2.75) is 0 Å². The van der Waals surface area contributed by atoms with Crippen LogP contribution >= 0.6 is 27.3 Å². The van der Waals surface area contributed by atoms with Crippen LogP contribution in [0.4, 0.5) is 4.39 Å². The van der Waals surface area contributed by atoms with Crippen LogP contribution in [0.2, 0.25) is 0 Å². The molecule has 6 heteroatoms. The van der Waals surface area contributed by atoms with Crippen LogP contribution in [-0.4, -0.2) is 9.97 Å². The first-order chi connectivity index (χ1) is 8.72. The zero-order chi connectivity index (χ0) is 12.5. The van der Waals surface area contributed by atoms with E-state index in [1.807, 2.05) is 11.4 Å². The van der Waals surface area contributed by atoms with Crippen LogP contribution < -0.4 is 4.74 Å². The van der Waals surface area contributed by atoms with Gasteiger partial charge < -0.3 is 4.74 Å². The zero-order valence-electron chi connectivity index (χ0n) is 8.93. The summed E-state index contributed by atoms with van der Waals surface area (Å²) in [7, 11) is 0. The Labute approximate surface area is 114 Å². The number of benzene rings is 1. The molecule has 0 aliphatic carbocycles. The highest BCUT2D eigenvalue weighted by Crippen LogP contribution is 2.25. The Morgan fingerprint density at radius 1 is 1.28 bits per heavy atom.